The van der Waals surface area contributed by atoms with Gasteiger partial charge in [-0.1, -0.05) is 12.1 Å². The van der Waals surface area contributed by atoms with Crippen LogP contribution in [0.1, 0.15) is 49.5 Å². The molecule has 15 nitrogen and oxygen atoms in total. The first-order valence-electron chi connectivity index (χ1n) is 11.9. The minimum atomic E-state index is -1.44. The van der Waals surface area contributed by atoms with Crippen molar-refractivity contribution in [3.8, 4) is 0 Å². The molecular weight excluding hydrogens is 1290 g/mol. The van der Waals surface area contributed by atoms with Crippen molar-refractivity contribution in [2.45, 2.75) is 50.2 Å². The first-order chi connectivity index (χ1) is 19.8. The van der Waals surface area contributed by atoms with E-state index in [1.807, 2.05) is 56.8 Å². The first-order valence-corrected chi connectivity index (χ1v) is 11.9. The van der Waals surface area contributed by atoms with Crippen LogP contribution in [0, 0.1) is 0 Å². The van der Waals surface area contributed by atoms with E-state index >= 15 is 0 Å². The molecule has 287 valence electrons. The normalized spacial score (nSPS) is 9.16. The van der Waals surface area contributed by atoms with E-state index in [9.17, 15) is 24.3 Å². The molecule has 0 fully saturated rings. The number of carbonyl (C=O) groups excluding carboxylic acids is 4. The van der Waals surface area contributed by atoms with Gasteiger partial charge in [0, 0.05) is 39.2 Å². The number of hydrogen-bond acceptors (Lipinski definition) is 10. The molecule has 23 heteroatoms. The van der Waals surface area contributed by atoms with Crippen molar-refractivity contribution in [3.05, 3.63) is 60.2 Å². The second-order valence-corrected chi connectivity index (χ2v) is 7.72. The molecule has 49 heavy (non-hydrogen) atoms. The number of rotatable bonds is 15. The number of aromatic nitrogens is 2. The molecule has 0 aliphatic heterocycles. The summed E-state index contributed by atoms with van der Waals surface area (Å²) in [4.78, 5) is 78.3. The molecule has 0 saturated heterocycles. The van der Waals surface area contributed by atoms with Crippen LogP contribution in [0.2, 0.25) is 0 Å². The number of unbranched alkanes of at least 4 members (excludes halogenated alkanes) is 1. The molecule has 0 aliphatic rings. The average Bonchev–Trinajstić information content (AvgIpc) is 3.00. The standard InChI is InChI=1S/C23H29N5O7.3CH2O.7BrH.Re/c29-19(30)11-10-18(22(33)34)28-23(35)27-17(21(31)32)9-3-6-14-26-20(15-7-1-4-12-24-15)16-8-2-5-13-25-16;3*1-2;;;;;;;;/h1-2,4-5,7-8,12-13,17-18,20,26H,3,6,9-11,14H2,(H,29,30)(H,31,32)(H,33,34)(H2,27,28,35);3*1H2;7*1H;/p-7. The quantitative estimate of drug-likeness (QED) is 0.0911. The molecule has 2 amide bonds. The number of aliphatic carboxylic acids is 3. The number of halogens is 7. The van der Waals surface area contributed by atoms with Crippen LogP contribution in [-0.4, -0.2) is 88.2 Å². The fraction of sp³-hybridized carbons (Fsp3) is 0.346. The minimum absolute atomic E-state index is 0. The van der Waals surface area contributed by atoms with E-state index in [0.717, 1.165) is 11.4 Å². The molecule has 1 radical (unpaired) electrons. The van der Waals surface area contributed by atoms with E-state index in [-0.39, 0.29) is 158 Å². The van der Waals surface area contributed by atoms with Crippen LogP contribution in [0.25, 0.3) is 0 Å². The van der Waals surface area contributed by atoms with E-state index in [0.29, 0.717) is 19.4 Å². The van der Waals surface area contributed by atoms with Crippen LogP contribution in [-0.2, 0) is 49.2 Å². The zero-order valence-electron chi connectivity index (χ0n) is 25.3. The molecule has 2 unspecified atom stereocenters. The fourth-order valence-electron chi connectivity index (χ4n) is 3.31. The fourth-order valence-corrected chi connectivity index (χ4v) is 3.31. The Labute approximate surface area is 371 Å². The third kappa shape index (κ3) is 35.2. The Hall–Kier alpha value is -1.03. The van der Waals surface area contributed by atoms with Crippen molar-refractivity contribution in [3.63, 3.8) is 0 Å². The molecule has 0 aliphatic carbocycles. The summed E-state index contributed by atoms with van der Waals surface area (Å²) >= 11 is 0. The Morgan fingerprint density at radius 2 is 1.02 bits per heavy atom. The van der Waals surface area contributed by atoms with Crippen molar-refractivity contribution < 1.29 is 188 Å². The average molecular weight is 1320 g/mol. The molecule has 2 rings (SSSR count). The number of carboxylic acid groups (broad SMARTS) is 3. The predicted molar refractivity (Wildman–Crippen MR) is 145 cm³/mol. The maximum absolute atomic E-state index is 12.1. The number of amides is 2. The number of carbonyl (C=O) groups is 7. The number of urea groups is 1. The van der Waals surface area contributed by atoms with Gasteiger partial charge in [-0.3, -0.25) is 14.8 Å². The van der Waals surface area contributed by atoms with E-state index < -0.39 is 42.4 Å². The van der Waals surface area contributed by atoms with Gasteiger partial charge in [-0.15, -0.1) is 0 Å². The second kappa shape index (κ2) is 49.1. The van der Waals surface area contributed by atoms with Gasteiger partial charge >= 0.3 is 23.9 Å². The maximum atomic E-state index is 12.1. The summed E-state index contributed by atoms with van der Waals surface area (Å²) < 4.78 is 0. The second-order valence-electron chi connectivity index (χ2n) is 7.72. The van der Waals surface area contributed by atoms with Gasteiger partial charge in [-0.2, -0.15) is 0 Å². The summed E-state index contributed by atoms with van der Waals surface area (Å²) in [5.74, 6) is -3.87. The van der Waals surface area contributed by atoms with Gasteiger partial charge in [0.15, 0.2) is 0 Å². The van der Waals surface area contributed by atoms with E-state index in [1.54, 1.807) is 12.4 Å². The summed E-state index contributed by atoms with van der Waals surface area (Å²) in [6.07, 6.45) is 3.78. The van der Waals surface area contributed by atoms with Gasteiger partial charge in [0.2, 0.25) is 0 Å². The number of nitrogens with one attached hydrogen (secondary N) is 3. The predicted octanol–water partition coefficient (Wildman–Crippen LogP) is -20.1. The molecule has 2 aromatic rings. The van der Waals surface area contributed by atoms with Crippen molar-refractivity contribution >= 4 is 44.3 Å². The third-order valence-electron chi connectivity index (χ3n) is 5.09. The van der Waals surface area contributed by atoms with Crippen LogP contribution >= 0.6 is 0 Å². The monoisotopic (exact) mass is 1320 g/mol. The molecule has 0 aromatic carbocycles. The topological polar surface area (TPSA) is 242 Å². The Balaban J connectivity index is -0.000000128. The van der Waals surface area contributed by atoms with Gasteiger partial charge in [-0.25, -0.2) is 14.4 Å². The van der Waals surface area contributed by atoms with E-state index in [1.165, 1.54) is 0 Å². The molecule has 0 spiro atoms. The van der Waals surface area contributed by atoms with E-state index in [4.69, 9.17) is 24.6 Å². The number of hydrogen-bond donors (Lipinski definition) is 6. The SMILES string of the molecule is C=O.C=O.C=O.O=C(O)CCC(NC(=O)NC(CCCCNC(c1ccccn1)c1ccccn1)C(=O)O)C(=O)O.[Br-].[Br-].[Br-].[Br-].[Br-].[Br-].[Br-].[Re]. The van der Waals surface area contributed by atoms with Gasteiger partial charge < -0.3 is 165 Å². The summed E-state index contributed by atoms with van der Waals surface area (Å²) in [6.45, 7) is 6.53. The van der Waals surface area contributed by atoms with Crippen LogP contribution < -0.4 is 135 Å². The third-order valence-corrected chi connectivity index (χ3v) is 5.09. The molecule has 2 atom stereocenters. The van der Waals surface area contributed by atoms with Crippen LogP contribution in [0.5, 0.6) is 0 Å². The van der Waals surface area contributed by atoms with Crippen molar-refractivity contribution in [2.75, 3.05) is 6.54 Å². The molecular formula is C26H35Br7N5O10Re-7. The summed E-state index contributed by atoms with van der Waals surface area (Å²) in [5, 5.41) is 34.9. The van der Waals surface area contributed by atoms with Crippen LogP contribution in [0.3, 0.4) is 0 Å². The van der Waals surface area contributed by atoms with Crippen LogP contribution in [0.15, 0.2) is 48.8 Å². The number of nitrogens with zero attached hydrogens (tertiary/aromatic N) is 2. The first kappa shape index (κ1) is 73.4. The maximum Gasteiger partial charge on any atom is 0.326 e. The van der Waals surface area contributed by atoms with Gasteiger partial charge in [0.05, 0.1) is 17.4 Å². The van der Waals surface area contributed by atoms with Crippen molar-refractivity contribution in [1.82, 2.24) is 25.9 Å². The van der Waals surface area contributed by atoms with Gasteiger partial charge in [-0.05, 0) is 56.5 Å². The number of pyridine rings is 2. The number of carboxylic acids is 3. The molecule has 2 aromatic heterocycles. The Morgan fingerprint density at radius 3 is 1.35 bits per heavy atom. The van der Waals surface area contributed by atoms with Crippen molar-refractivity contribution in [2.24, 2.45) is 0 Å². The van der Waals surface area contributed by atoms with Gasteiger partial charge in [0.1, 0.15) is 32.5 Å². The largest absolute Gasteiger partial charge is 1.00 e. The molecule has 2 heterocycles. The van der Waals surface area contributed by atoms with Crippen molar-refractivity contribution in [1.29, 1.82) is 0 Å². The van der Waals surface area contributed by atoms with E-state index in [2.05, 4.69) is 25.9 Å². The molecule has 0 bridgehead atoms. The van der Waals surface area contributed by atoms with Crippen LogP contribution in [0.4, 0.5) is 4.79 Å². The Kier molecular flexibility index (Phi) is 73.5. The van der Waals surface area contributed by atoms with Gasteiger partial charge in [0.25, 0.3) is 0 Å². The summed E-state index contributed by atoms with van der Waals surface area (Å²) in [6, 6.07) is 7.26. The minimum Gasteiger partial charge on any atom is -1.00 e. The zero-order chi connectivity index (χ0) is 31.6. The molecule has 0 saturated carbocycles. The smallest absolute Gasteiger partial charge is 0.326 e. The zero-order valence-corrected chi connectivity index (χ0v) is 39.2. The Morgan fingerprint density at radius 1 is 0.633 bits per heavy atom. The Bertz CT molecular complexity index is 1020. The molecule has 6 N–H and O–H groups in total. The summed E-state index contributed by atoms with van der Waals surface area (Å²) in [5.41, 5.74) is 1.59. The summed E-state index contributed by atoms with van der Waals surface area (Å²) in [7, 11) is 0.